The number of likely N-dealkylation sites (tertiary alicyclic amines) is 1. The molecule has 3 heteroatoms. The molecule has 1 atom stereocenters. The lowest BCUT2D eigenvalue weighted by molar-refractivity contribution is -0.118. The maximum absolute atomic E-state index is 12.9. The van der Waals surface area contributed by atoms with Gasteiger partial charge in [0, 0.05) is 19.0 Å². The van der Waals surface area contributed by atoms with Crippen molar-refractivity contribution in [2.75, 3.05) is 6.54 Å². The number of carbonyl (C=O) groups is 1. The van der Waals surface area contributed by atoms with Crippen molar-refractivity contribution in [3.05, 3.63) is 35.6 Å². The Hall–Kier alpha value is -1.22. The molecule has 19 heavy (non-hydrogen) atoms. The van der Waals surface area contributed by atoms with Crippen LogP contribution in [-0.4, -0.2) is 23.3 Å². The Morgan fingerprint density at radius 2 is 2.00 bits per heavy atom. The van der Waals surface area contributed by atoms with Crippen LogP contribution in [0.1, 0.15) is 44.6 Å². The van der Waals surface area contributed by atoms with Crippen molar-refractivity contribution in [2.24, 2.45) is 0 Å². The number of benzene rings is 1. The molecule has 1 fully saturated rings. The molecule has 0 bridgehead atoms. The third-order valence-corrected chi connectivity index (χ3v) is 3.82. The molecule has 0 aliphatic carbocycles. The number of carbonyl (C=O) groups excluding carboxylic acids is 1. The lowest BCUT2D eigenvalue weighted by Gasteiger charge is -2.29. The van der Waals surface area contributed by atoms with E-state index in [2.05, 4.69) is 4.90 Å². The minimum absolute atomic E-state index is 0.195. The Labute approximate surface area is 114 Å². The van der Waals surface area contributed by atoms with Crippen molar-refractivity contribution in [2.45, 2.75) is 51.6 Å². The molecule has 1 aliphatic heterocycles. The number of Topliss-reactive ketones (excluding diaryl/α,β-unsaturated/α-hetero) is 1. The highest BCUT2D eigenvalue weighted by Gasteiger charge is 2.22. The number of hydrogen-bond acceptors (Lipinski definition) is 2. The first-order valence-corrected chi connectivity index (χ1v) is 7.13. The van der Waals surface area contributed by atoms with Gasteiger partial charge in [-0.2, -0.15) is 0 Å². The zero-order valence-corrected chi connectivity index (χ0v) is 11.6. The first-order chi connectivity index (χ1) is 9.15. The van der Waals surface area contributed by atoms with Gasteiger partial charge < -0.3 is 0 Å². The molecule has 104 valence electrons. The zero-order chi connectivity index (χ0) is 13.7. The third-order valence-electron chi connectivity index (χ3n) is 3.82. The third kappa shape index (κ3) is 4.43. The summed E-state index contributed by atoms with van der Waals surface area (Å²) in [6, 6.07) is 7.04. The fourth-order valence-electron chi connectivity index (χ4n) is 2.83. The van der Waals surface area contributed by atoms with Gasteiger partial charge in [-0.3, -0.25) is 9.69 Å². The van der Waals surface area contributed by atoms with Gasteiger partial charge in [0.05, 0.1) is 0 Å². The molecule has 0 radical (unpaired) electrons. The maximum atomic E-state index is 12.9. The molecule has 1 unspecified atom stereocenters. The highest BCUT2D eigenvalue weighted by Crippen LogP contribution is 2.21. The molecule has 0 saturated carbocycles. The number of ketones is 1. The van der Waals surface area contributed by atoms with Crippen LogP contribution in [0, 0.1) is 5.82 Å². The smallest absolute Gasteiger partial charge is 0.131 e. The van der Waals surface area contributed by atoms with E-state index in [0.717, 1.165) is 25.1 Å². The monoisotopic (exact) mass is 263 g/mol. The van der Waals surface area contributed by atoms with Gasteiger partial charge in [-0.25, -0.2) is 4.39 Å². The van der Waals surface area contributed by atoms with Crippen LogP contribution < -0.4 is 0 Å². The summed E-state index contributed by atoms with van der Waals surface area (Å²) in [5.74, 6) is 0.0657. The van der Waals surface area contributed by atoms with Gasteiger partial charge in [-0.15, -0.1) is 0 Å². The Morgan fingerprint density at radius 1 is 1.26 bits per heavy atom. The molecule has 0 spiro atoms. The van der Waals surface area contributed by atoms with Crippen LogP contribution in [0.3, 0.4) is 0 Å². The molecule has 1 aromatic rings. The van der Waals surface area contributed by atoms with Crippen molar-refractivity contribution < 1.29 is 9.18 Å². The van der Waals surface area contributed by atoms with E-state index >= 15 is 0 Å². The van der Waals surface area contributed by atoms with Gasteiger partial charge >= 0.3 is 0 Å². The van der Waals surface area contributed by atoms with Crippen LogP contribution in [0.15, 0.2) is 24.3 Å². The first-order valence-electron chi connectivity index (χ1n) is 7.13. The molecule has 0 aromatic heterocycles. The molecule has 0 N–H and O–H groups in total. The average Bonchev–Trinajstić information content (AvgIpc) is 2.58. The number of rotatable bonds is 4. The Kier molecular flexibility index (Phi) is 5.08. The van der Waals surface area contributed by atoms with E-state index < -0.39 is 0 Å². The Bertz CT molecular complexity index is 415. The van der Waals surface area contributed by atoms with E-state index in [1.165, 1.54) is 31.4 Å². The Balaban J connectivity index is 2.04. The topological polar surface area (TPSA) is 20.3 Å². The second-order valence-corrected chi connectivity index (χ2v) is 5.51. The molecule has 0 amide bonds. The van der Waals surface area contributed by atoms with E-state index in [1.807, 2.05) is 12.1 Å². The first kappa shape index (κ1) is 14.2. The number of hydrogen-bond donors (Lipinski definition) is 0. The van der Waals surface area contributed by atoms with Crippen LogP contribution in [0.25, 0.3) is 0 Å². The van der Waals surface area contributed by atoms with Crippen molar-refractivity contribution in [3.8, 4) is 0 Å². The average molecular weight is 263 g/mol. The van der Waals surface area contributed by atoms with Crippen LogP contribution in [-0.2, 0) is 11.3 Å². The van der Waals surface area contributed by atoms with E-state index in [9.17, 15) is 9.18 Å². The van der Waals surface area contributed by atoms with Gasteiger partial charge in [-0.1, -0.05) is 25.0 Å². The fourth-order valence-corrected chi connectivity index (χ4v) is 2.83. The summed E-state index contributed by atoms with van der Waals surface area (Å²) >= 11 is 0. The van der Waals surface area contributed by atoms with Gasteiger partial charge in [0.2, 0.25) is 0 Å². The van der Waals surface area contributed by atoms with Gasteiger partial charge in [0.25, 0.3) is 0 Å². The summed E-state index contributed by atoms with van der Waals surface area (Å²) in [6.07, 6.45) is 5.38. The second-order valence-electron chi connectivity index (χ2n) is 5.51. The van der Waals surface area contributed by atoms with Crippen LogP contribution in [0.5, 0.6) is 0 Å². The highest BCUT2D eigenvalue weighted by atomic mass is 19.1. The summed E-state index contributed by atoms with van der Waals surface area (Å²) in [5.41, 5.74) is 1.12. The van der Waals surface area contributed by atoms with Crippen LogP contribution in [0.2, 0.25) is 0 Å². The largest absolute Gasteiger partial charge is 0.300 e. The maximum Gasteiger partial charge on any atom is 0.131 e. The highest BCUT2D eigenvalue weighted by molar-refractivity contribution is 5.76. The molecule has 2 nitrogen and oxygen atoms in total. The minimum atomic E-state index is -0.195. The summed E-state index contributed by atoms with van der Waals surface area (Å²) < 4.78 is 12.9. The lowest BCUT2D eigenvalue weighted by Crippen LogP contribution is -2.35. The van der Waals surface area contributed by atoms with E-state index in [1.54, 1.807) is 6.92 Å². The van der Waals surface area contributed by atoms with E-state index in [0.29, 0.717) is 12.5 Å². The van der Waals surface area contributed by atoms with Gasteiger partial charge in [-0.05, 0) is 44.0 Å². The summed E-state index contributed by atoms with van der Waals surface area (Å²) in [5, 5.41) is 0. The molecule has 1 aromatic carbocycles. The molecule has 1 heterocycles. The van der Waals surface area contributed by atoms with Gasteiger partial charge in [0.15, 0.2) is 0 Å². The molecule has 1 aliphatic rings. The summed E-state index contributed by atoms with van der Waals surface area (Å²) in [4.78, 5) is 13.8. The predicted octanol–water partition coefficient (Wildman–Crippen LogP) is 3.55. The lowest BCUT2D eigenvalue weighted by atomic mass is 10.0. The van der Waals surface area contributed by atoms with Crippen molar-refractivity contribution >= 4 is 5.78 Å². The minimum Gasteiger partial charge on any atom is -0.300 e. The van der Waals surface area contributed by atoms with Gasteiger partial charge in [0.1, 0.15) is 11.6 Å². The van der Waals surface area contributed by atoms with Crippen molar-refractivity contribution in [3.63, 3.8) is 0 Å². The summed E-state index contributed by atoms with van der Waals surface area (Å²) in [6.45, 7) is 3.52. The molecular weight excluding hydrogens is 241 g/mol. The number of nitrogens with zero attached hydrogens (tertiary/aromatic N) is 1. The molecule has 1 saturated heterocycles. The van der Waals surface area contributed by atoms with Crippen molar-refractivity contribution in [1.29, 1.82) is 0 Å². The zero-order valence-electron chi connectivity index (χ0n) is 11.6. The predicted molar refractivity (Wildman–Crippen MR) is 74.4 cm³/mol. The molecular formula is C16H22FNO. The van der Waals surface area contributed by atoms with E-state index in [4.69, 9.17) is 0 Å². The quantitative estimate of drug-likeness (QED) is 0.828. The SMILES string of the molecule is CC(=O)CC1CCCCCN1Cc1ccc(F)cc1. The fraction of sp³-hybridized carbons (Fsp3) is 0.562. The summed E-state index contributed by atoms with van der Waals surface area (Å²) in [7, 11) is 0. The van der Waals surface area contributed by atoms with Crippen molar-refractivity contribution in [1.82, 2.24) is 4.90 Å². The van der Waals surface area contributed by atoms with E-state index in [-0.39, 0.29) is 11.6 Å². The Morgan fingerprint density at radius 3 is 2.68 bits per heavy atom. The standard InChI is InChI=1S/C16H22FNO/c1-13(19)11-16-5-3-2-4-10-18(16)12-14-6-8-15(17)9-7-14/h6-9,16H,2-5,10-12H2,1H3. The number of halogens is 1. The van der Waals surface area contributed by atoms with Crippen LogP contribution >= 0.6 is 0 Å². The second kappa shape index (κ2) is 6.80. The van der Waals surface area contributed by atoms with Crippen LogP contribution in [0.4, 0.5) is 4.39 Å². The molecule has 2 rings (SSSR count). The normalized spacial score (nSPS) is 21.1.